The Morgan fingerprint density at radius 1 is 1.04 bits per heavy atom. The molecule has 4 aliphatic rings. The number of ether oxygens (including phenoxy) is 1. The van der Waals surface area contributed by atoms with Crippen molar-refractivity contribution in [2.75, 3.05) is 7.11 Å². The Morgan fingerprint density at radius 3 is 2.44 bits per heavy atom. The first-order valence-electron chi connectivity index (χ1n) is 10.5. The van der Waals surface area contributed by atoms with Gasteiger partial charge in [-0.25, -0.2) is 0 Å². The maximum absolute atomic E-state index is 12.2. The van der Waals surface area contributed by atoms with Gasteiger partial charge in [0.05, 0.1) is 12.2 Å². The zero-order chi connectivity index (χ0) is 18.0. The lowest BCUT2D eigenvalue weighted by Gasteiger charge is -2.61. The lowest BCUT2D eigenvalue weighted by Crippen LogP contribution is -2.57. The second-order valence-corrected chi connectivity index (χ2v) is 10.2. The van der Waals surface area contributed by atoms with Gasteiger partial charge < -0.3 is 9.84 Å². The largest absolute Gasteiger partial charge is 0.390 e. The van der Waals surface area contributed by atoms with Gasteiger partial charge in [-0.2, -0.15) is 0 Å². The number of aliphatic hydroxyl groups excluding tert-OH is 1. The summed E-state index contributed by atoms with van der Waals surface area (Å²) in [7, 11) is 1.75. The molecule has 0 aliphatic heterocycles. The summed E-state index contributed by atoms with van der Waals surface area (Å²) in [4.78, 5) is 12.2. The number of ketones is 1. The van der Waals surface area contributed by atoms with Crippen molar-refractivity contribution in [3.05, 3.63) is 0 Å². The molecule has 9 atom stereocenters. The monoisotopic (exact) mass is 348 g/mol. The highest BCUT2D eigenvalue weighted by Gasteiger charge is 2.61. The van der Waals surface area contributed by atoms with E-state index in [1.165, 1.54) is 32.1 Å². The first-order valence-corrected chi connectivity index (χ1v) is 10.5. The van der Waals surface area contributed by atoms with Gasteiger partial charge in [-0.15, -0.1) is 0 Å². The first-order chi connectivity index (χ1) is 11.8. The third-order valence-electron chi connectivity index (χ3n) is 9.45. The Morgan fingerprint density at radius 2 is 1.76 bits per heavy atom. The van der Waals surface area contributed by atoms with Gasteiger partial charge in [0.15, 0.2) is 0 Å². The quantitative estimate of drug-likeness (QED) is 0.813. The molecule has 4 aliphatic carbocycles. The summed E-state index contributed by atoms with van der Waals surface area (Å²) >= 11 is 0. The zero-order valence-electron chi connectivity index (χ0n) is 16.5. The summed E-state index contributed by atoms with van der Waals surface area (Å²) in [6.45, 7) is 6.73. The Kier molecular flexibility index (Phi) is 4.35. The maximum atomic E-state index is 12.2. The smallest absolute Gasteiger partial charge is 0.133 e. The molecule has 3 heteroatoms. The molecule has 3 nitrogen and oxygen atoms in total. The highest BCUT2D eigenvalue weighted by atomic mass is 16.5. The van der Waals surface area contributed by atoms with E-state index in [0.29, 0.717) is 23.0 Å². The molecule has 0 amide bonds. The van der Waals surface area contributed by atoms with Gasteiger partial charge in [0.25, 0.3) is 0 Å². The van der Waals surface area contributed by atoms with Crippen LogP contribution in [0.25, 0.3) is 0 Å². The Bertz CT molecular complexity index is 545. The van der Waals surface area contributed by atoms with Crippen LogP contribution in [0.3, 0.4) is 0 Å². The molecule has 1 N–H and O–H groups in total. The third kappa shape index (κ3) is 2.48. The van der Waals surface area contributed by atoms with Crippen LogP contribution >= 0.6 is 0 Å². The lowest BCUT2D eigenvalue weighted by atomic mass is 9.44. The van der Waals surface area contributed by atoms with Crippen molar-refractivity contribution in [2.24, 2.45) is 40.4 Å². The summed E-state index contributed by atoms with van der Waals surface area (Å²) in [6.07, 6.45) is 9.03. The first kappa shape index (κ1) is 18.0. The number of carbonyl (C=O) groups excluding carboxylic acids is 1. The average Bonchev–Trinajstić information content (AvgIpc) is 2.92. The van der Waals surface area contributed by atoms with Gasteiger partial charge in [0.1, 0.15) is 5.78 Å². The van der Waals surface area contributed by atoms with Crippen LogP contribution in [-0.2, 0) is 9.53 Å². The molecule has 4 saturated carbocycles. The van der Waals surface area contributed by atoms with Crippen LogP contribution in [0.15, 0.2) is 0 Å². The summed E-state index contributed by atoms with van der Waals surface area (Å²) in [6, 6.07) is 0. The van der Waals surface area contributed by atoms with Crippen LogP contribution in [-0.4, -0.2) is 30.2 Å². The number of methoxy groups -OCH3 is 1. The summed E-state index contributed by atoms with van der Waals surface area (Å²) in [5.74, 6) is 3.61. The minimum atomic E-state index is -0.290. The van der Waals surface area contributed by atoms with E-state index in [1.54, 1.807) is 7.11 Å². The van der Waals surface area contributed by atoms with Crippen LogP contribution in [0.1, 0.15) is 72.1 Å². The minimum Gasteiger partial charge on any atom is -0.390 e. The van der Waals surface area contributed by atoms with E-state index in [9.17, 15) is 9.90 Å². The Hall–Kier alpha value is -0.410. The number of Topliss-reactive ketones (excluding diaryl/α,β-unsaturated/α-hetero) is 1. The predicted octanol–water partition coefficient (Wildman–Crippen LogP) is 4.22. The summed E-state index contributed by atoms with van der Waals surface area (Å²) in [5.41, 5.74) is 0.545. The third-order valence-corrected chi connectivity index (χ3v) is 9.45. The zero-order valence-corrected chi connectivity index (χ0v) is 16.5. The minimum absolute atomic E-state index is 0.00172. The van der Waals surface area contributed by atoms with Gasteiger partial charge in [-0.3, -0.25) is 4.79 Å². The molecule has 0 spiro atoms. The topological polar surface area (TPSA) is 46.5 Å². The fourth-order valence-electron chi connectivity index (χ4n) is 8.16. The molecule has 4 fully saturated rings. The molecule has 142 valence electrons. The van der Waals surface area contributed by atoms with Gasteiger partial charge in [-0.1, -0.05) is 13.8 Å². The molecule has 25 heavy (non-hydrogen) atoms. The summed E-state index contributed by atoms with van der Waals surface area (Å²) < 4.78 is 5.66. The molecule has 0 saturated heterocycles. The van der Waals surface area contributed by atoms with Crippen molar-refractivity contribution in [1.29, 1.82) is 0 Å². The molecule has 0 aromatic carbocycles. The molecule has 0 aromatic rings. The number of hydrogen-bond donors (Lipinski definition) is 1. The fourth-order valence-corrected chi connectivity index (χ4v) is 8.16. The van der Waals surface area contributed by atoms with Crippen LogP contribution in [0.2, 0.25) is 0 Å². The van der Waals surface area contributed by atoms with E-state index in [0.717, 1.165) is 37.0 Å². The fraction of sp³-hybridized carbons (Fsp3) is 0.955. The molecular formula is C22H36O3. The van der Waals surface area contributed by atoms with Crippen molar-refractivity contribution in [2.45, 2.75) is 84.3 Å². The maximum Gasteiger partial charge on any atom is 0.133 e. The molecule has 0 aromatic heterocycles. The molecule has 4 rings (SSSR count). The second-order valence-electron chi connectivity index (χ2n) is 10.2. The second kappa shape index (κ2) is 6.05. The number of fused-ring (bicyclic) bond motifs is 5. The van der Waals surface area contributed by atoms with E-state index in [-0.39, 0.29) is 17.6 Å². The Balaban J connectivity index is 1.62. The van der Waals surface area contributed by atoms with Gasteiger partial charge in [0, 0.05) is 13.0 Å². The van der Waals surface area contributed by atoms with Gasteiger partial charge in [0.2, 0.25) is 0 Å². The number of rotatable bonds is 2. The highest BCUT2D eigenvalue weighted by Crippen LogP contribution is 2.67. The highest BCUT2D eigenvalue weighted by molar-refractivity contribution is 5.79. The normalized spacial score (nSPS) is 55.2. The van der Waals surface area contributed by atoms with Gasteiger partial charge >= 0.3 is 0 Å². The van der Waals surface area contributed by atoms with Crippen molar-refractivity contribution in [3.63, 3.8) is 0 Å². The van der Waals surface area contributed by atoms with Crippen LogP contribution in [0, 0.1) is 40.4 Å². The molecule has 3 unspecified atom stereocenters. The number of carbonyl (C=O) groups is 1. The van der Waals surface area contributed by atoms with E-state index in [4.69, 9.17) is 4.74 Å². The number of aliphatic hydroxyl groups is 1. The van der Waals surface area contributed by atoms with Crippen LogP contribution < -0.4 is 0 Å². The average molecular weight is 349 g/mol. The van der Waals surface area contributed by atoms with Crippen molar-refractivity contribution < 1.29 is 14.6 Å². The van der Waals surface area contributed by atoms with Crippen LogP contribution in [0.5, 0.6) is 0 Å². The van der Waals surface area contributed by atoms with E-state index in [2.05, 4.69) is 13.8 Å². The van der Waals surface area contributed by atoms with Crippen molar-refractivity contribution in [1.82, 2.24) is 0 Å². The van der Waals surface area contributed by atoms with E-state index >= 15 is 0 Å². The molecule has 0 heterocycles. The van der Waals surface area contributed by atoms with Gasteiger partial charge in [-0.05, 0) is 92.8 Å². The van der Waals surface area contributed by atoms with Crippen LogP contribution in [0.4, 0.5) is 0 Å². The predicted molar refractivity (Wildman–Crippen MR) is 98.1 cm³/mol. The molecule has 0 radical (unpaired) electrons. The van der Waals surface area contributed by atoms with E-state index in [1.807, 2.05) is 6.92 Å². The van der Waals surface area contributed by atoms with E-state index < -0.39 is 0 Å². The summed E-state index contributed by atoms with van der Waals surface area (Å²) in [5, 5.41) is 10.4. The SMILES string of the molecule is CO[C@H]1C[C@@]2(C)C(CC[C@@H]3C2CC[C@@]2(C)C3CC[C@@H]2C(C)=O)C[C@@H]1O. The lowest BCUT2D eigenvalue weighted by molar-refractivity contribution is -0.166. The standard InChI is InChI=1S/C22H36O3/c1-13(23)16-7-8-17-15-6-5-14-11-19(24)20(25-4)12-22(14,3)18(15)9-10-21(16,17)2/h14-20,24H,5-12H2,1-4H3/t14?,15-,16+,17?,18?,19-,20-,21+,22-/m0/s1. The molecule has 0 bridgehead atoms. The Labute approximate surface area is 152 Å². The number of hydrogen-bond acceptors (Lipinski definition) is 3. The van der Waals surface area contributed by atoms with Crippen molar-refractivity contribution in [3.8, 4) is 0 Å². The van der Waals surface area contributed by atoms with Crippen molar-refractivity contribution >= 4 is 5.78 Å². The molecular weight excluding hydrogens is 312 g/mol.